The normalized spacial score (nSPS) is 11.0. The lowest BCUT2D eigenvalue weighted by atomic mass is 9.81. The third kappa shape index (κ3) is 4.21. The number of nitrogens with two attached hydrogens (primary N) is 2. The largest absolute Gasteiger partial charge is 0.457 e. The van der Waals surface area contributed by atoms with E-state index in [4.69, 9.17) is 16.2 Å². The molecule has 6 heteroatoms. The summed E-state index contributed by atoms with van der Waals surface area (Å²) in [5.74, 6) is 0.281. The Morgan fingerprint density at radius 2 is 1.65 bits per heavy atom. The number of ether oxygens (including phenoxy) is 1. The minimum Gasteiger partial charge on any atom is -0.457 e. The van der Waals surface area contributed by atoms with Crippen molar-refractivity contribution in [3.8, 4) is 11.5 Å². The van der Waals surface area contributed by atoms with Crippen molar-refractivity contribution in [1.82, 2.24) is 0 Å². The quantitative estimate of drug-likeness (QED) is 0.675. The second-order valence-electron chi connectivity index (χ2n) is 6.13. The van der Waals surface area contributed by atoms with Crippen molar-refractivity contribution >= 4 is 17.5 Å². The molecule has 0 aliphatic heterocycles. The maximum atomic E-state index is 12.5. The summed E-state index contributed by atoms with van der Waals surface area (Å²) in [5, 5.41) is 2.91. The van der Waals surface area contributed by atoms with E-state index in [0.717, 1.165) is 0 Å². The third-order valence-electron chi connectivity index (χ3n) is 4.72. The summed E-state index contributed by atoms with van der Waals surface area (Å²) in [4.78, 5) is 24.0. The summed E-state index contributed by atoms with van der Waals surface area (Å²) in [6.07, 6.45) is 1.36. The number of rotatable bonds is 8. The van der Waals surface area contributed by atoms with Crippen molar-refractivity contribution in [3.63, 3.8) is 0 Å². The summed E-state index contributed by atoms with van der Waals surface area (Å²) in [6, 6.07) is 13.7. The molecule has 0 saturated heterocycles. The lowest BCUT2D eigenvalue weighted by molar-refractivity contribution is -0.125. The highest BCUT2D eigenvalue weighted by molar-refractivity contribution is 5.96. The molecule has 138 valence electrons. The van der Waals surface area contributed by atoms with Crippen LogP contribution in [0.15, 0.2) is 48.5 Å². The summed E-state index contributed by atoms with van der Waals surface area (Å²) >= 11 is 0. The van der Waals surface area contributed by atoms with E-state index < -0.39 is 11.3 Å². The topological polar surface area (TPSA) is 107 Å². The van der Waals surface area contributed by atoms with Crippen LogP contribution >= 0.6 is 0 Å². The number of para-hydroxylation sites is 1. The molecule has 0 radical (unpaired) electrons. The molecule has 0 spiro atoms. The van der Waals surface area contributed by atoms with E-state index in [-0.39, 0.29) is 5.91 Å². The van der Waals surface area contributed by atoms with Gasteiger partial charge < -0.3 is 21.5 Å². The Morgan fingerprint density at radius 3 is 2.19 bits per heavy atom. The Bertz CT molecular complexity index is 760. The van der Waals surface area contributed by atoms with Gasteiger partial charge in [0.05, 0.1) is 11.0 Å². The molecule has 2 aromatic rings. The van der Waals surface area contributed by atoms with Gasteiger partial charge in [0.25, 0.3) is 5.91 Å². The van der Waals surface area contributed by atoms with Crippen LogP contribution in [0.5, 0.6) is 11.5 Å². The van der Waals surface area contributed by atoms with Gasteiger partial charge in [-0.05, 0) is 49.2 Å². The highest BCUT2D eigenvalue weighted by Crippen LogP contribution is 2.29. The van der Waals surface area contributed by atoms with Crippen LogP contribution < -0.4 is 21.5 Å². The zero-order chi connectivity index (χ0) is 19.2. The van der Waals surface area contributed by atoms with Crippen molar-refractivity contribution in [3.05, 3.63) is 54.1 Å². The van der Waals surface area contributed by atoms with E-state index in [1.54, 1.807) is 48.5 Å². The van der Waals surface area contributed by atoms with Crippen LogP contribution in [-0.2, 0) is 4.79 Å². The van der Waals surface area contributed by atoms with Crippen molar-refractivity contribution in [2.75, 3.05) is 11.9 Å². The molecule has 0 aromatic heterocycles. The lowest BCUT2D eigenvalue weighted by Crippen LogP contribution is -2.41. The van der Waals surface area contributed by atoms with Gasteiger partial charge >= 0.3 is 0 Å². The van der Waals surface area contributed by atoms with Crippen LogP contribution in [0.1, 0.15) is 37.0 Å². The number of carbonyl (C=O) groups is 2. The molecule has 0 saturated carbocycles. The zero-order valence-corrected chi connectivity index (χ0v) is 15.1. The molecular weight excluding hydrogens is 330 g/mol. The van der Waals surface area contributed by atoms with E-state index in [0.29, 0.717) is 42.1 Å². The van der Waals surface area contributed by atoms with Crippen LogP contribution in [0.2, 0.25) is 0 Å². The smallest absolute Gasteiger partial charge is 0.252 e. The fourth-order valence-electron chi connectivity index (χ4n) is 2.71. The van der Waals surface area contributed by atoms with Gasteiger partial charge in [0.1, 0.15) is 11.5 Å². The Labute approximate surface area is 153 Å². The third-order valence-corrected chi connectivity index (χ3v) is 4.72. The van der Waals surface area contributed by atoms with Crippen molar-refractivity contribution in [2.24, 2.45) is 16.9 Å². The zero-order valence-electron chi connectivity index (χ0n) is 15.1. The van der Waals surface area contributed by atoms with E-state index in [1.165, 1.54) is 0 Å². The van der Waals surface area contributed by atoms with Gasteiger partial charge in [-0.3, -0.25) is 9.59 Å². The first kappa shape index (κ1) is 19.5. The van der Waals surface area contributed by atoms with E-state index in [1.807, 2.05) is 13.8 Å². The molecule has 2 rings (SSSR count). The van der Waals surface area contributed by atoms with Gasteiger partial charge in [-0.2, -0.15) is 0 Å². The maximum Gasteiger partial charge on any atom is 0.252 e. The molecule has 0 fully saturated rings. The SMILES string of the molecule is CCC(CC)(CN)C(=O)Nc1ccc(Oc2ccccc2C(N)=O)cc1. The van der Waals surface area contributed by atoms with Crippen molar-refractivity contribution in [2.45, 2.75) is 26.7 Å². The number of carbonyl (C=O) groups excluding carboxylic acids is 2. The molecule has 0 aliphatic rings. The molecule has 0 unspecified atom stereocenters. The Morgan fingerprint density at radius 1 is 1.04 bits per heavy atom. The second-order valence-corrected chi connectivity index (χ2v) is 6.13. The molecule has 6 nitrogen and oxygen atoms in total. The van der Waals surface area contributed by atoms with Crippen LogP contribution in [0, 0.1) is 5.41 Å². The van der Waals surface area contributed by atoms with Gasteiger partial charge in [-0.25, -0.2) is 0 Å². The summed E-state index contributed by atoms with van der Waals surface area (Å²) in [5.41, 5.74) is 11.6. The Kier molecular flexibility index (Phi) is 6.36. The molecule has 0 aliphatic carbocycles. The number of amides is 2. The first-order chi connectivity index (χ1) is 12.5. The molecule has 26 heavy (non-hydrogen) atoms. The fourth-order valence-corrected chi connectivity index (χ4v) is 2.71. The summed E-state index contributed by atoms with van der Waals surface area (Å²) < 4.78 is 5.73. The monoisotopic (exact) mass is 355 g/mol. The van der Waals surface area contributed by atoms with E-state index in [2.05, 4.69) is 5.32 Å². The minimum absolute atomic E-state index is 0.0854. The van der Waals surface area contributed by atoms with Gasteiger partial charge in [-0.15, -0.1) is 0 Å². The van der Waals surface area contributed by atoms with Crippen LogP contribution in [0.3, 0.4) is 0 Å². The average Bonchev–Trinajstić information content (AvgIpc) is 2.65. The van der Waals surface area contributed by atoms with Crippen LogP contribution in [0.25, 0.3) is 0 Å². The Hall–Kier alpha value is -2.86. The highest BCUT2D eigenvalue weighted by Gasteiger charge is 2.33. The van der Waals surface area contributed by atoms with E-state index in [9.17, 15) is 9.59 Å². The van der Waals surface area contributed by atoms with Gasteiger partial charge in [0.2, 0.25) is 5.91 Å². The summed E-state index contributed by atoms with van der Waals surface area (Å²) in [6.45, 7) is 4.23. The number of primary amides is 1. The molecule has 5 N–H and O–H groups in total. The van der Waals surface area contributed by atoms with Crippen molar-refractivity contribution in [1.29, 1.82) is 0 Å². The first-order valence-electron chi connectivity index (χ1n) is 8.64. The number of nitrogens with one attached hydrogen (secondary N) is 1. The highest BCUT2D eigenvalue weighted by atomic mass is 16.5. The number of hydrogen-bond donors (Lipinski definition) is 3. The molecule has 2 aromatic carbocycles. The van der Waals surface area contributed by atoms with Crippen molar-refractivity contribution < 1.29 is 14.3 Å². The number of hydrogen-bond acceptors (Lipinski definition) is 4. The number of anilines is 1. The van der Waals surface area contributed by atoms with Gasteiger partial charge in [0.15, 0.2) is 0 Å². The standard InChI is InChI=1S/C20H25N3O3/c1-3-20(4-2,13-21)19(25)23-14-9-11-15(12-10-14)26-17-8-6-5-7-16(17)18(22)24/h5-12H,3-4,13,21H2,1-2H3,(H2,22,24)(H,23,25). The molecule has 0 atom stereocenters. The fraction of sp³-hybridized carbons (Fsp3) is 0.300. The minimum atomic E-state index is -0.560. The molecule has 0 bridgehead atoms. The van der Waals surface area contributed by atoms with Gasteiger partial charge in [0, 0.05) is 12.2 Å². The lowest BCUT2D eigenvalue weighted by Gasteiger charge is -2.28. The van der Waals surface area contributed by atoms with E-state index >= 15 is 0 Å². The molecule has 2 amide bonds. The first-order valence-corrected chi connectivity index (χ1v) is 8.64. The molecular formula is C20H25N3O3. The predicted molar refractivity (Wildman–Crippen MR) is 102 cm³/mol. The number of benzene rings is 2. The summed E-state index contributed by atoms with van der Waals surface area (Å²) in [7, 11) is 0. The predicted octanol–water partition coefficient (Wildman–Crippen LogP) is 3.28. The maximum absolute atomic E-state index is 12.5. The van der Waals surface area contributed by atoms with Crippen LogP contribution in [-0.4, -0.2) is 18.4 Å². The average molecular weight is 355 g/mol. The second kappa shape index (κ2) is 8.49. The molecule has 0 heterocycles. The Balaban J connectivity index is 2.12. The van der Waals surface area contributed by atoms with Crippen LogP contribution in [0.4, 0.5) is 5.69 Å². The van der Waals surface area contributed by atoms with Gasteiger partial charge in [-0.1, -0.05) is 26.0 Å².